The highest BCUT2D eigenvalue weighted by Gasteiger charge is 2.09. The average Bonchev–Trinajstić information content (AvgIpc) is 2.65. The van der Waals surface area contributed by atoms with Crippen LogP contribution in [0, 0.1) is 0 Å². The molecule has 2 N–H and O–H groups in total. The Bertz CT molecular complexity index is 626. The Kier molecular flexibility index (Phi) is 2.57. The van der Waals surface area contributed by atoms with E-state index in [2.05, 4.69) is 9.59 Å². The quantitative estimate of drug-likeness (QED) is 0.727. The van der Waals surface area contributed by atoms with Crippen molar-refractivity contribution in [3.8, 4) is 0 Å². The highest BCUT2D eigenvalue weighted by molar-refractivity contribution is 7.09. The summed E-state index contributed by atoms with van der Waals surface area (Å²) in [7, 11) is 1.57. The lowest BCUT2D eigenvalue weighted by Crippen LogP contribution is -2.38. The van der Waals surface area contributed by atoms with Gasteiger partial charge in [0.05, 0.1) is 6.54 Å². The van der Waals surface area contributed by atoms with Gasteiger partial charge < -0.3 is 10.3 Å². The molecule has 0 aliphatic heterocycles. The molecular formula is C8H9N5O2S. The van der Waals surface area contributed by atoms with E-state index in [1.807, 2.05) is 0 Å². The fourth-order valence-corrected chi connectivity index (χ4v) is 1.67. The van der Waals surface area contributed by atoms with Crippen molar-refractivity contribution < 1.29 is 0 Å². The van der Waals surface area contributed by atoms with E-state index in [1.54, 1.807) is 7.05 Å². The smallest absolute Gasteiger partial charge is 0.331 e. The van der Waals surface area contributed by atoms with E-state index in [0.29, 0.717) is 10.7 Å². The Balaban J connectivity index is 2.51. The van der Waals surface area contributed by atoms with Crippen molar-refractivity contribution >= 4 is 16.5 Å². The number of nitrogen functional groups attached to an aromatic ring is 1. The number of hydrogen-bond donors (Lipinski definition) is 1. The summed E-state index contributed by atoms with van der Waals surface area (Å²) in [6.07, 6.45) is 1.42. The Labute approximate surface area is 93.9 Å². The van der Waals surface area contributed by atoms with Gasteiger partial charge in [0.15, 0.2) is 0 Å². The Morgan fingerprint density at radius 3 is 2.88 bits per heavy atom. The SMILES string of the molecule is Cn1ccc(=O)n(Cc2nnsc2N)c1=O. The topological polar surface area (TPSA) is 95.8 Å². The lowest BCUT2D eigenvalue weighted by molar-refractivity contribution is 0.631. The van der Waals surface area contributed by atoms with Crippen LogP contribution >= 0.6 is 11.5 Å². The molecule has 2 rings (SSSR count). The molecule has 0 saturated heterocycles. The third-order valence-corrected chi connectivity index (χ3v) is 2.73. The number of rotatable bonds is 2. The van der Waals surface area contributed by atoms with Gasteiger partial charge in [0.25, 0.3) is 5.56 Å². The molecule has 0 aliphatic rings. The molecule has 8 heteroatoms. The zero-order valence-corrected chi connectivity index (χ0v) is 9.27. The molecule has 2 heterocycles. The summed E-state index contributed by atoms with van der Waals surface area (Å²) in [5.74, 6) is 0. The van der Waals surface area contributed by atoms with Crippen LogP contribution in [0.2, 0.25) is 0 Å². The van der Waals surface area contributed by atoms with Crippen molar-refractivity contribution in [2.45, 2.75) is 6.54 Å². The number of hydrogen-bond acceptors (Lipinski definition) is 6. The fourth-order valence-electron chi connectivity index (χ4n) is 1.23. The van der Waals surface area contributed by atoms with E-state index in [1.165, 1.54) is 16.8 Å². The van der Waals surface area contributed by atoms with Crippen molar-refractivity contribution in [2.24, 2.45) is 7.05 Å². The summed E-state index contributed by atoms with van der Waals surface area (Å²) in [4.78, 5) is 23.2. The van der Waals surface area contributed by atoms with Crippen LogP contribution < -0.4 is 17.0 Å². The number of aryl methyl sites for hydroxylation is 1. The van der Waals surface area contributed by atoms with E-state index in [9.17, 15) is 9.59 Å². The van der Waals surface area contributed by atoms with Crippen molar-refractivity contribution in [1.29, 1.82) is 0 Å². The van der Waals surface area contributed by atoms with Gasteiger partial charge in [0, 0.05) is 30.8 Å². The second-order valence-corrected chi connectivity index (χ2v) is 4.00. The second kappa shape index (κ2) is 3.89. The van der Waals surface area contributed by atoms with Gasteiger partial charge in [-0.25, -0.2) is 4.79 Å². The van der Waals surface area contributed by atoms with Gasteiger partial charge in [0.1, 0.15) is 10.7 Å². The third-order valence-electron chi connectivity index (χ3n) is 2.13. The minimum absolute atomic E-state index is 0.0503. The highest BCUT2D eigenvalue weighted by atomic mass is 32.1. The monoisotopic (exact) mass is 239 g/mol. The summed E-state index contributed by atoms with van der Waals surface area (Å²) in [5, 5.41) is 4.17. The van der Waals surface area contributed by atoms with Gasteiger partial charge >= 0.3 is 5.69 Å². The Hall–Kier alpha value is -1.96. The molecular weight excluding hydrogens is 230 g/mol. The molecule has 0 aliphatic carbocycles. The number of nitrogens with zero attached hydrogens (tertiary/aromatic N) is 4. The maximum atomic E-state index is 11.7. The summed E-state index contributed by atoms with van der Waals surface area (Å²) in [6.45, 7) is 0.0503. The second-order valence-electron chi connectivity index (χ2n) is 3.22. The summed E-state index contributed by atoms with van der Waals surface area (Å²) < 4.78 is 6.02. The van der Waals surface area contributed by atoms with Gasteiger partial charge in [-0.3, -0.25) is 9.36 Å². The molecule has 0 atom stereocenters. The van der Waals surface area contributed by atoms with Crippen LogP contribution in [-0.4, -0.2) is 18.7 Å². The predicted molar refractivity (Wildman–Crippen MR) is 59.4 cm³/mol. The lowest BCUT2D eigenvalue weighted by atomic mass is 10.4. The molecule has 0 saturated carbocycles. The molecule has 2 aromatic heterocycles. The zero-order chi connectivity index (χ0) is 11.7. The van der Waals surface area contributed by atoms with Crippen molar-refractivity contribution in [1.82, 2.24) is 18.7 Å². The molecule has 0 amide bonds. The first kappa shape index (κ1) is 10.6. The molecule has 0 fully saturated rings. The maximum absolute atomic E-state index is 11.7. The van der Waals surface area contributed by atoms with Crippen LogP contribution in [0.5, 0.6) is 0 Å². The van der Waals surface area contributed by atoms with Crippen molar-refractivity contribution in [3.05, 3.63) is 38.8 Å². The minimum Gasteiger partial charge on any atom is -0.388 e. The Morgan fingerprint density at radius 1 is 1.50 bits per heavy atom. The lowest BCUT2D eigenvalue weighted by Gasteiger charge is -2.04. The van der Waals surface area contributed by atoms with Crippen LogP contribution in [0.1, 0.15) is 5.69 Å². The molecule has 0 radical (unpaired) electrons. The largest absolute Gasteiger partial charge is 0.388 e. The van der Waals surface area contributed by atoms with E-state index in [-0.39, 0.29) is 12.1 Å². The van der Waals surface area contributed by atoms with Gasteiger partial charge in [-0.15, -0.1) is 5.10 Å². The van der Waals surface area contributed by atoms with Crippen LogP contribution in [0.3, 0.4) is 0 Å². The molecule has 0 aromatic carbocycles. The molecule has 0 unspecified atom stereocenters. The molecule has 2 aromatic rings. The van der Waals surface area contributed by atoms with Crippen molar-refractivity contribution in [3.63, 3.8) is 0 Å². The highest BCUT2D eigenvalue weighted by Crippen LogP contribution is 2.11. The first-order valence-corrected chi connectivity index (χ1v) is 5.20. The maximum Gasteiger partial charge on any atom is 0.331 e. The van der Waals surface area contributed by atoms with Crippen LogP contribution in [0.25, 0.3) is 0 Å². The van der Waals surface area contributed by atoms with Crippen LogP contribution in [0.4, 0.5) is 5.00 Å². The van der Waals surface area contributed by atoms with E-state index >= 15 is 0 Å². The zero-order valence-electron chi connectivity index (χ0n) is 8.45. The van der Waals surface area contributed by atoms with E-state index in [0.717, 1.165) is 16.1 Å². The average molecular weight is 239 g/mol. The number of aromatic nitrogens is 4. The predicted octanol–water partition coefficient (Wildman–Crippen LogP) is -0.971. The summed E-state index contributed by atoms with van der Waals surface area (Å²) >= 11 is 1.03. The first-order chi connectivity index (χ1) is 7.59. The normalized spacial score (nSPS) is 10.6. The molecule has 0 spiro atoms. The van der Waals surface area contributed by atoms with Crippen LogP contribution in [-0.2, 0) is 13.6 Å². The molecule has 84 valence electrons. The third kappa shape index (κ3) is 1.74. The van der Waals surface area contributed by atoms with E-state index in [4.69, 9.17) is 5.73 Å². The van der Waals surface area contributed by atoms with Gasteiger partial charge in [0.2, 0.25) is 0 Å². The number of nitrogens with two attached hydrogens (primary N) is 1. The van der Waals surface area contributed by atoms with Crippen molar-refractivity contribution in [2.75, 3.05) is 5.73 Å². The summed E-state index contributed by atoms with van der Waals surface area (Å²) in [5.41, 5.74) is 5.25. The first-order valence-electron chi connectivity index (χ1n) is 4.43. The molecule has 16 heavy (non-hydrogen) atoms. The molecule has 0 bridgehead atoms. The van der Waals surface area contributed by atoms with Gasteiger partial charge in [-0.2, -0.15) is 0 Å². The number of anilines is 1. The van der Waals surface area contributed by atoms with Gasteiger partial charge in [-0.1, -0.05) is 4.49 Å². The Morgan fingerprint density at radius 2 is 2.25 bits per heavy atom. The van der Waals surface area contributed by atoms with Crippen LogP contribution in [0.15, 0.2) is 21.9 Å². The molecule has 7 nitrogen and oxygen atoms in total. The fraction of sp³-hybridized carbons (Fsp3) is 0.250. The minimum atomic E-state index is -0.403. The van der Waals surface area contributed by atoms with Gasteiger partial charge in [-0.05, 0) is 0 Å². The van der Waals surface area contributed by atoms with E-state index < -0.39 is 5.69 Å². The standard InChI is InChI=1S/C8H9N5O2S/c1-12-3-2-6(14)13(8(12)15)4-5-7(9)16-11-10-5/h2-3H,4,9H2,1H3. The summed E-state index contributed by atoms with van der Waals surface area (Å²) in [6, 6.07) is 1.32.